The van der Waals surface area contributed by atoms with Gasteiger partial charge in [0.2, 0.25) is 10.0 Å². The van der Waals surface area contributed by atoms with Crippen LogP contribution in [0.25, 0.3) is 0 Å². The van der Waals surface area contributed by atoms with Crippen molar-refractivity contribution in [2.45, 2.75) is 30.7 Å². The van der Waals surface area contributed by atoms with E-state index in [-0.39, 0.29) is 10.9 Å². The molecule has 0 radical (unpaired) electrons. The number of rotatable bonds is 4. The molecule has 0 aliphatic carbocycles. The molecule has 1 N–H and O–H groups in total. The van der Waals surface area contributed by atoms with Gasteiger partial charge in [0.1, 0.15) is 10.6 Å². The Labute approximate surface area is 131 Å². The van der Waals surface area contributed by atoms with Crippen LogP contribution in [0.2, 0.25) is 0 Å². The quantitative estimate of drug-likeness (QED) is 0.942. The fourth-order valence-corrected chi connectivity index (χ4v) is 4.92. The SMILES string of the molecule is COc1ccc(C)cc1S(=O)(=O)N1CCCC1c1ccc[nH]1. The number of H-pyrrole nitrogens is 1. The van der Waals surface area contributed by atoms with Crippen LogP contribution < -0.4 is 4.74 Å². The summed E-state index contributed by atoms with van der Waals surface area (Å²) in [5.41, 5.74) is 1.84. The van der Waals surface area contributed by atoms with Crippen molar-refractivity contribution in [1.82, 2.24) is 9.29 Å². The molecule has 1 unspecified atom stereocenters. The van der Waals surface area contributed by atoms with Gasteiger partial charge in [-0.2, -0.15) is 4.31 Å². The summed E-state index contributed by atoms with van der Waals surface area (Å²) in [6.45, 7) is 2.41. The van der Waals surface area contributed by atoms with Crippen molar-refractivity contribution in [1.29, 1.82) is 0 Å². The van der Waals surface area contributed by atoms with Crippen molar-refractivity contribution in [3.05, 3.63) is 47.8 Å². The van der Waals surface area contributed by atoms with Crippen molar-refractivity contribution in [3.8, 4) is 5.75 Å². The molecule has 2 aromatic rings. The summed E-state index contributed by atoms with van der Waals surface area (Å²) in [7, 11) is -2.09. The zero-order valence-electron chi connectivity index (χ0n) is 12.7. The van der Waals surface area contributed by atoms with E-state index in [2.05, 4.69) is 4.98 Å². The van der Waals surface area contributed by atoms with E-state index in [0.29, 0.717) is 12.3 Å². The van der Waals surface area contributed by atoms with Gasteiger partial charge in [-0.25, -0.2) is 8.42 Å². The lowest BCUT2D eigenvalue weighted by atomic mass is 10.2. The smallest absolute Gasteiger partial charge is 0.247 e. The molecule has 6 heteroatoms. The number of methoxy groups -OCH3 is 1. The third-order valence-corrected chi connectivity index (χ3v) is 6.02. The molecule has 5 nitrogen and oxygen atoms in total. The summed E-state index contributed by atoms with van der Waals surface area (Å²) < 4.78 is 33.0. The first kappa shape index (κ1) is 15.1. The van der Waals surface area contributed by atoms with Crippen LogP contribution in [0.5, 0.6) is 5.75 Å². The first-order chi connectivity index (χ1) is 10.5. The van der Waals surface area contributed by atoms with Crippen LogP contribution in [0.4, 0.5) is 0 Å². The largest absolute Gasteiger partial charge is 0.495 e. The summed E-state index contributed by atoms with van der Waals surface area (Å²) >= 11 is 0. The van der Waals surface area contributed by atoms with Crippen LogP contribution >= 0.6 is 0 Å². The minimum Gasteiger partial charge on any atom is -0.495 e. The van der Waals surface area contributed by atoms with E-state index in [1.807, 2.05) is 31.3 Å². The number of ether oxygens (including phenoxy) is 1. The van der Waals surface area contributed by atoms with Crippen LogP contribution in [-0.2, 0) is 10.0 Å². The molecule has 1 saturated heterocycles. The predicted octanol–water partition coefficient (Wildman–Crippen LogP) is 2.86. The maximum absolute atomic E-state index is 13.1. The van der Waals surface area contributed by atoms with Gasteiger partial charge < -0.3 is 9.72 Å². The molecule has 0 spiro atoms. The lowest BCUT2D eigenvalue weighted by molar-refractivity contribution is 0.378. The van der Waals surface area contributed by atoms with Crippen molar-refractivity contribution in [3.63, 3.8) is 0 Å². The minimum atomic E-state index is -3.59. The van der Waals surface area contributed by atoms with E-state index in [1.54, 1.807) is 16.4 Å². The number of aromatic amines is 1. The van der Waals surface area contributed by atoms with Gasteiger partial charge >= 0.3 is 0 Å². The molecule has 1 aromatic carbocycles. The predicted molar refractivity (Wildman–Crippen MR) is 84.4 cm³/mol. The van der Waals surface area contributed by atoms with Gasteiger partial charge in [0.05, 0.1) is 13.2 Å². The van der Waals surface area contributed by atoms with E-state index < -0.39 is 10.0 Å². The fourth-order valence-electron chi connectivity index (χ4n) is 3.00. The topological polar surface area (TPSA) is 62.4 Å². The highest BCUT2D eigenvalue weighted by Crippen LogP contribution is 2.38. The van der Waals surface area contributed by atoms with Gasteiger partial charge in [-0.1, -0.05) is 6.07 Å². The van der Waals surface area contributed by atoms with Gasteiger partial charge in [-0.05, 0) is 49.6 Å². The second-order valence-electron chi connectivity index (χ2n) is 5.55. The number of nitrogens with zero attached hydrogens (tertiary/aromatic N) is 1. The van der Waals surface area contributed by atoms with E-state index >= 15 is 0 Å². The Hall–Kier alpha value is -1.79. The first-order valence-corrected chi connectivity index (χ1v) is 8.78. The summed E-state index contributed by atoms with van der Waals surface area (Å²) in [5, 5.41) is 0. The van der Waals surface area contributed by atoms with Gasteiger partial charge in [0, 0.05) is 18.4 Å². The second kappa shape index (κ2) is 5.78. The van der Waals surface area contributed by atoms with Crippen LogP contribution in [0.1, 0.15) is 30.1 Å². The summed E-state index contributed by atoms with van der Waals surface area (Å²) in [6.07, 6.45) is 3.51. The molecule has 1 aliphatic rings. The average Bonchev–Trinajstić information content (AvgIpc) is 3.18. The molecule has 0 saturated carbocycles. The zero-order valence-corrected chi connectivity index (χ0v) is 13.6. The molecule has 2 heterocycles. The molecule has 1 aromatic heterocycles. The van der Waals surface area contributed by atoms with Crippen molar-refractivity contribution >= 4 is 10.0 Å². The highest BCUT2D eigenvalue weighted by atomic mass is 32.2. The highest BCUT2D eigenvalue weighted by molar-refractivity contribution is 7.89. The first-order valence-electron chi connectivity index (χ1n) is 7.34. The Kier molecular flexibility index (Phi) is 3.97. The normalized spacial score (nSPS) is 19.5. The number of aryl methyl sites for hydroxylation is 1. The van der Waals surface area contributed by atoms with Crippen LogP contribution in [-0.4, -0.2) is 31.4 Å². The van der Waals surface area contributed by atoms with Crippen LogP contribution in [0, 0.1) is 6.92 Å². The molecular formula is C16H20N2O3S. The number of benzene rings is 1. The molecule has 22 heavy (non-hydrogen) atoms. The Morgan fingerprint density at radius 1 is 1.32 bits per heavy atom. The van der Waals surface area contributed by atoms with Crippen molar-refractivity contribution in [2.24, 2.45) is 0 Å². The maximum atomic E-state index is 13.1. The van der Waals surface area contributed by atoms with Gasteiger partial charge in [0.25, 0.3) is 0 Å². The van der Waals surface area contributed by atoms with Crippen LogP contribution in [0.3, 0.4) is 0 Å². The minimum absolute atomic E-state index is 0.134. The Morgan fingerprint density at radius 3 is 2.82 bits per heavy atom. The summed E-state index contributed by atoms with van der Waals surface area (Å²) in [4.78, 5) is 3.38. The standard InChI is InChI=1S/C16H20N2O3S/c1-12-7-8-15(21-2)16(11-12)22(19,20)18-10-4-6-14(18)13-5-3-9-17-13/h3,5,7-9,11,14,17H,4,6,10H2,1-2H3. The lowest BCUT2D eigenvalue weighted by Crippen LogP contribution is -2.31. The second-order valence-corrected chi connectivity index (χ2v) is 7.41. The van der Waals surface area contributed by atoms with Gasteiger partial charge in [0.15, 0.2) is 0 Å². The fraction of sp³-hybridized carbons (Fsp3) is 0.375. The third kappa shape index (κ3) is 2.53. The number of hydrogen-bond acceptors (Lipinski definition) is 3. The average molecular weight is 320 g/mol. The molecule has 1 fully saturated rings. The van der Waals surface area contributed by atoms with E-state index in [9.17, 15) is 8.42 Å². The Balaban J connectivity index is 2.04. The van der Waals surface area contributed by atoms with Crippen molar-refractivity contribution < 1.29 is 13.2 Å². The monoisotopic (exact) mass is 320 g/mol. The van der Waals surface area contributed by atoms with Gasteiger partial charge in [-0.3, -0.25) is 0 Å². The molecular weight excluding hydrogens is 300 g/mol. The van der Waals surface area contributed by atoms with Crippen molar-refractivity contribution in [2.75, 3.05) is 13.7 Å². The number of hydrogen-bond donors (Lipinski definition) is 1. The lowest BCUT2D eigenvalue weighted by Gasteiger charge is -2.24. The van der Waals surface area contributed by atoms with Gasteiger partial charge in [-0.15, -0.1) is 0 Å². The maximum Gasteiger partial charge on any atom is 0.247 e. The number of aromatic nitrogens is 1. The molecule has 1 atom stereocenters. The molecule has 3 rings (SSSR count). The van der Waals surface area contributed by atoms with E-state index in [4.69, 9.17) is 4.74 Å². The van der Waals surface area contributed by atoms with E-state index in [0.717, 1.165) is 24.1 Å². The summed E-state index contributed by atoms with van der Waals surface area (Å²) in [6, 6.07) is 8.94. The molecule has 118 valence electrons. The number of nitrogens with one attached hydrogen (secondary N) is 1. The number of sulfonamides is 1. The highest BCUT2D eigenvalue weighted by Gasteiger charge is 2.38. The zero-order chi connectivity index (χ0) is 15.7. The van der Waals surface area contributed by atoms with E-state index in [1.165, 1.54) is 7.11 Å². The molecule has 0 amide bonds. The molecule has 1 aliphatic heterocycles. The van der Waals surface area contributed by atoms with Crippen LogP contribution in [0.15, 0.2) is 41.4 Å². The summed E-state index contributed by atoms with van der Waals surface area (Å²) in [5.74, 6) is 0.391. The molecule has 0 bridgehead atoms. The Bertz CT molecular complexity index is 754. The Morgan fingerprint density at radius 2 is 2.14 bits per heavy atom. The third-order valence-electron chi connectivity index (χ3n) is 4.09.